The highest BCUT2D eigenvalue weighted by Gasteiger charge is 2.24. The molecule has 0 aliphatic rings. The van der Waals surface area contributed by atoms with Crippen LogP contribution in [0.2, 0.25) is 0 Å². The van der Waals surface area contributed by atoms with Crippen LogP contribution in [0.4, 0.5) is 5.69 Å². The van der Waals surface area contributed by atoms with E-state index >= 15 is 0 Å². The summed E-state index contributed by atoms with van der Waals surface area (Å²) in [6.07, 6.45) is 0.284. The summed E-state index contributed by atoms with van der Waals surface area (Å²) in [6, 6.07) is 5.02. The van der Waals surface area contributed by atoms with Crippen LogP contribution in [0, 0.1) is 6.92 Å². The SMILES string of the molecule is CCCC(OC(=O)c1cccc(N)c1C)C(=O)OCC. The average Bonchev–Trinajstić information content (AvgIpc) is 2.41. The minimum absolute atomic E-state index is 0.258. The number of ether oxygens (including phenoxy) is 2. The maximum Gasteiger partial charge on any atom is 0.347 e. The molecule has 0 aliphatic carbocycles. The van der Waals surface area contributed by atoms with Crippen LogP contribution in [0.3, 0.4) is 0 Å². The molecule has 0 amide bonds. The molecule has 0 heterocycles. The second kappa shape index (κ2) is 7.53. The minimum Gasteiger partial charge on any atom is -0.463 e. The van der Waals surface area contributed by atoms with Gasteiger partial charge in [-0.25, -0.2) is 9.59 Å². The predicted octanol–water partition coefficient (Wildman–Crippen LogP) is 2.47. The molecule has 1 aromatic carbocycles. The Hall–Kier alpha value is -2.04. The van der Waals surface area contributed by atoms with E-state index in [1.807, 2.05) is 6.92 Å². The molecule has 0 aliphatic heterocycles. The summed E-state index contributed by atoms with van der Waals surface area (Å²) in [7, 11) is 0. The standard InChI is InChI=1S/C15H21NO4/c1-4-7-13(15(18)19-5-2)20-14(17)11-8-6-9-12(16)10(11)3/h6,8-9,13H,4-5,7,16H2,1-3H3. The van der Waals surface area contributed by atoms with Crippen LogP contribution in [0.1, 0.15) is 42.6 Å². The zero-order valence-electron chi connectivity index (χ0n) is 12.1. The normalized spacial score (nSPS) is 11.8. The second-order valence-electron chi connectivity index (χ2n) is 4.45. The van der Waals surface area contributed by atoms with Crippen LogP contribution in [0.5, 0.6) is 0 Å². The lowest BCUT2D eigenvalue weighted by atomic mass is 10.1. The van der Waals surface area contributed by atoms with Crippen molar-refractivity contribution in [1.82, 2.24) is 0 Å². The molecule has 0 fully saturated rings. The van der Waals surface area contributed by atoms with Gasteiger partial charge in [0.15, 0.2) is 6.10 Å². The molecular weight excluding hydrogens is 258 g/mol. The van der Waals surface area contributed by atoms with E-state index in [-0.39, 0.29) is 6.61 Å². The number of benzene rings is 1. The van der Waals surface area contributed by atoms with Crippen molar-refractivity contribution < 1.29 is 19.1 Å². The fourth-order valence-corrected chi connectivity index (χ4v) is 1.79. The quantitative estimate of drug-likeness (QED) is 0.639. The number of carbonyl (C=O) groups excluding carboxylic acids is 2. The molecule has 0 radical (unpaired) electrons. The molecule has 2 N–H and O–H groups in total. The molecule has 0 aromatic heterocycles. The van der Waals surface area contributed by atoms with Crippen LogP contribution in [0.25, 0.3) is 0 Å². The number of anilines is 1. The molecule has 1 aromatic rings. The van der Waals surface area contributed by atoms with Gasteiger partial charge in [0.2, 0.25) is 0 Å². The van der Waals surface area contributed by atoms with Crippen molar-refractivity contribution in [3.63, 3.8) is 0 Å². The van der Waals surface area contributed by atoms with Gasteiger partial charge in [0.1, 0.15) is 0 Å². The van der Waals surface area contributed by atoms with Crippen molar-refractivity contribution in [3.8, 4) is 0 Å². The number of hydrogen-bond donors (Lipinski definition) is 1. The Balaban J connectivity index is 2.85. The lowest BCUT2D eigenvalue weighted by molar-refractivity contribution is -0.153. The summed E-state index contributed by atoms with van der Waals surface area (Å²) < 4.78 is 10.2. The Bertz CT molecular complexity index is 485. The first-order valence-corrected chi connectivity index (χ1v) is 6.73. The number of esters is 2. The van der Waals surface area contributed by atoms with E-state index in [0.717, 1.165) is 0 Å². The lowest BCUT2D eigenvalue weighted by Gasteiger charge is -2.16. The summed E-state index contributed by atoms with van der Waals surface area (Å²) in [5.74, 6) is -1.06. The molecule has 0 saturated heterocycles. The highest BCUT2D eigenvalue weighted by molar-refractivity contribution is 5.94. The minimum atomic E-state index is -0.867. The third-order valence-electron chi connectivity index (χ3n) is 2.95. The van der Waals surface area contributed by atoms with Gasteiger partial charge in [0, 0.05) is 5.69 Å². The van der Waals surface area contributed by atoms with Crippen LogP contribution in [-0.2, 0) is 14.3 Å². The van der Waals surface area contributed by atoms with E-state index in [4.69, 9.17) is 15.2 Å². The summed E-state index contributed by atoms with van der Waals surface area (Å²) >= 11 is 0. The van der Waals surface area contributed by atoms with Crippen molar-refractivity contribution in [3.05, 3.63) is 29.3 Å². The molecule has 5 nitrogen and oxygen atoms in total. The molecule has 0 saturated carbocycles. The van der Waals surface area contributed by atoms with E-state index < -0.39 is 18.0 Å². The van der Waals surface area contributed by atoms with Crippen molar-refractivity contribution in [2.75, 3.05) is 12.3 Å². The van der Waals surface area contributed by atoms with Gasteiger partial charge in [-0.05, 0) is 38.0 Å². The zero-order valence-corrected chi connectivity index (χ0v) is 12.1. The lowest BCUT2D eigenvalue weighted by Crippen LogP contribution is -2.29. The number of nitrogen functional groups attached to an aromatic ring is 1. The first kappa shape index (κ1) is 16.0. The smallest absolute Gasteiger partial charge is 0.347 e. The largest absolute Gasteiger partial charge is 0.463 e. The summed E-state index contributed by atoms with van der Waals surface area (Å²) in [5, 5.41) is 0. The van der Waals surface area contributed by atoms with Gasteiger partial charge < -0.3 is 15.2 Å². The van der Waals surface area contributed by atoms with Crippen LogP contribution >= 0.6 is 0 Å². The first-order valence-electron chi connectivity index (χ1n) is 6.73. The highest BCUT2D eigenvalue weighted by Crippen LogP contribution is 2.18. The first-order chi connectivity index (χ1) is 9.51. The van der Waals surface area contributed by atoms with Gasteiger partial charge in [-0.1, -0.05) is 19.4 Å². The summed E-state index contributed by atoms with van der Waals surface area (Å²) in [6.45, 7) is 5.62. The summed E-state index contributed by atoms with van der Waals surface area (Å²) in [4.78, 5) is 23.9. The molecule has 1 atom stereocenters. The molecule has 5 heteroatoms. The van der Waals surface area contributed by atoms with Gasteiger partial charge in [0.05, 0.1) is 12.2 Å². The third kappa shape index (κ3) is 3.98. The van der Waals surface area contributed by atoms with E-state index in [2.05, 4.69) is 0 Å². The zero-order chi connectivity index (χ0) is 15.1. The van der Waals surface area contributed by atoms with E-state index in [9.17, 15) is 9.59 Å². The van der Waals surface area contributed by atoms with Gasteiger partial charge in [-0.15, -0.1) is 0 Å². The highest BCUT2D eigenvalue weighted by atomic mass is 16.6. The van der Waals surface area contributed by atoms with Gasteiger partial charge in [-0.2, -0.15) is 0 Å². The molecule has 1 unspecified atom stereocenters. The number of rotatable bonds is 6. The Morgan fingerprint density at radius 2 is 2.00 bits per heavy atom. The Kier molecular flexibility index (Phi) is 6.03. The van der Waals surface area contributed by atoms with Gasteiger partial charge in [-0.3, -0.25) is 0 Å². The van der Waals surface area contributed by atoms with Crippen molar-refractivity contribution in [2.24, 2.45) is 0 Å². The van der Waals surface area contributed by atoms with Crippen LogP contribution in [0.15, 0.2) is 18.2 Å². The monoisotopic (exact) mass is 279 g/mol. The van der Waals surface area contributed by atoms with E-state index in [1.54, 1.807) is 32.0 Å². The summed E-state index contributed by atoms with van der Waals surface area (Å²) in [5.41, 5.74) is 7.29. The van der Waals surface area contributed by atoms with Crippen molar-refractivity contribution in [2.45, 2.75) is 39.7 Å². The topological polar surface area (TPSA) is 78.6 Å². The molecule has 0 spiro atoms. The molecule has 0 bridgehead atoms. The van der Waals surface area contributed by atoms with Crippen LogP contribution < -0.4 is 5.73 Å². The molecule has 20 heavy (non-hydrogen) atoms. The van der Waals surface area contributed by atoms with Crippen LogP contribution in [-0.4, -0.2) is 24.6 Å². The maximum absolute atomic E-state index is 12.1. The third-order valence-corrected chi connectivity index (χ3v) is 2.95. The fourth-order valence-electron chi connectivity index (χ4n) is 1.79. The Morgan fingerprint density at radius 1 is 1.30 bits per heavy atom. The molecule has 110 valence electrons. The number of hydrogen-bond acceptors (Lipinski definition) is 5. The fraction of sp³-hybridized carbons (Fsp3) is 0.467. The van der Waals surface area contributed by atoms with E-state index in [1.165, 1.54) is 0 Å². The number of nitrogens with two attached hydrogens (primary N) is 1. The second-order valence-corrected chi connectivity index (χ2v) is 4.45. The van der Waals surface area contributed by atoms with Gasteiger partial charge in [0.25, 0.3) is 0 Å². The molecular formula is C15H21NO4. The Labute approximate surface area is 119 Å². The Morgan fingerprint density at radius 3 is 2.60 bits per heavy atom. The molecule has 1 rings (SSSR count). The van der Waals surface area contributed by atoms with E-state index in [0.29, 0.717) is 29.7 Å². The average molecular weight is 279 g/mol. The predicted molar refractivity (Wildman–Crippen MR) is 76.3 cm³/mol. The number of carbonyl (C=O) groups is 2. The van der Waals surface area contributed by atoms with Gasteiger partial charge >= 0.3 is 11.9 Å². The van der Waals surface area contributed by atoms with Crippen molar-refractivity contribution >= 4 is 17.6 Å². The van der Waals surface area contributed by atoms with Crippen molar-refractivity contribution in [1.29, 1.82) is 0 Å². The maximum atomic E-state index is 12.1.